The normalized spacial score (nSPS) is 26.1. The number of carboxylic acids is 1. The zero-order valence-electron chi connectivity index (χ0n) is 11.9. The van der Waals surface area contributed by atoms with Crippen LogP contribution in [0.5, 0.6) is 0 Å². The van der Waals surface area contributed by atoms with E-state index in [1.54, 1.807) is 0 Å². The van der Waals surface area contributed by atoms with Crippen molar-refractivity contribution >= 4 is 19.0 Å². The molecule has 0 spiro atoms. The molecule has 0 aliphatic carbocycles. The van der Waals surface area contributed by atoms with E-state index in [1.807, 2.05) is 0 Å². The molecule has 0 unspecified atom stereocenters. The maximum atomic E-state index is 11.6. The van der Waals surface area contributed by atoms with Gasteiger partial charge in [0.2, 0.25) is 0 Å². The Morgan fingerprint density at radius 1 is 1.48 bits per heavy atom. The Hall–Kier alpha value is -1.32. The van der Waals surface area contributed by atoms with Gasteiger partial charge in [0.1, 0.15) is 0 Å². The molecule has 8 nitrogen and oxygen atoms in total. The average Bonchev–Trinajstić information content (AvgIpc) is 2.87. The first-order valence-electron chi connectivity index (χ1n) is 7.04. The Morgan fingerprint density at radius 2 is 2.19 bits per heavy atom. The van der Waals surface area contributed by atoms with Crippen LogP contribution >= 0.6 is 0 Å². The first-order chi connectivity index (χ1) is 9.95. The standard InChI is InChI=1S/C12H22BN3O5/c14-9(7-17)10(18)16-8-5-12(11(19)20,15-6-8)3-1-2-4-13-21/h8-9,15,17H,1-7,14H2,(H,16,18)(H,19,20)/t8-,9+,12-/m1/s1. The molecule has 0 bridgehead atoms. The van der Waals surface area contributed by atoms with E-state index in [9.17, 15) is 19.4 Å². The molecule has 1 rings (SSSR count). The van der Waals surface area contributed by atoms with Gasteiger partial charge in [-0.3, -0.25) is 0 Å². The van der Waals surface area contributed by atoms with Gasteiger partial charge in [-0.05, 0) is 0 Å². The Bertz CT molecular complexity index is 395. The molecule has 0 aromatic carbocycles. The van der Waals surface area contributed by atoms with Crippen molar-refractivity contribution in [1.82, 2.24) is 10.6 Å². The molecule has 1 heterocycles. The Morgan fingerprint density at radius 3 is 2.76 bits per heavy atom. The Balaban J connectivity index is 2.54. The van der Waals surface area contributed by atoms with Crippen molar-refractivity contribution in [2.24, 2.45) is 5.73 Å². The van der Waals surface area contributed by atoms with Gasteiger partial charge in [-0.1, -0.05) is 0 Å². The number of unbranched alkanes of at least 4 members (excludes halogenated alkanes) is 1. The van der Waals surface area contributed by atoms with E-state index >= 15 is 0 Å². The zero-order valence-corrected chi connectivity index (χ0v) is 11.9. The van der Waals surface area contributed by atoms with E-state index in [4.69, 9.17) is 10.8 Å². The van der Waals surface area contributed by atoms with Crippen LogP contribution in [0.3, 0.4) is 0 Å². The fourth-order valence-corrected chi connectivity index (χ4v) is 2.49. The van der Waals surface area contributed by atoms with E-state index in [0.29, 0.717) is 32.1 Å². The number of aliphatic hydroxyl groups is 1. The van der Waals surface area contributed by atoms with Gasteiger partial charge in [0, 0.05) is 0 Å². The van der Waals surface area contributed by atoms with Crippen molar-refractivity contribution in [3.63, 3.8) is 0 Å². The number of hydrogen-bond acceptors (Lipinski definition) is 6. The second-order valence-electron chi connectivity index (χ2n) is 5.38. The van der Waals surface area contributed by atoms with Crippen molar-refractivity contribution in [2.75, 3.05) is 13.2 Å². The fraction of sp³-hybridized carbons (Fsp3) is 0.833. The summed E-state index contributed by atoms with van der Waals surface area (Å²) in [6, 6.07) is -1.34. The number of rotatable bonds is 9. The van der Waals surface area contributed by atoms with Crippen molar-refractivity contribution in [3.8, 4) is 0 Å². The molecule has 0 saturated carbocycles. The van der Waals surface area contributed by atoms with Crippen molar-refractivity contribution in [2.45, 2.75) is 49.6 Å². The van der Waals surface area contributed by atoms with Crippen LogP contribution in [0.25, 0.3) is 0 Å². The number of nitrogens with two attached hydrogens (primary N) is 1. The number of hydrogen-bond donors (Lipinski definition) is 5. The summed E-state index contributed by atoms with van der Waals surface area (Å²) < 4.78 is 10.3. The topological polar surface area (TPSA) is 142 Å². The molecular weight excluding hydrogens is 277 g/mol. The molecule has 118 valence electrons. The van der Waals surface area contributed by atoms with Gasteiger partial charge < -0.3 is 0 Å². The van der Waals surface area contributed by atoms with E-state index in [0.717, 1.165) is 7.15 Å². The first-order valence-corrected chi connectivity index (χ1v) is 7.04. The molecule has 3 atom stereocenters. The summed E-state index contributed by atoms with van der Waals surface area (Å²) in [5, 5.41) is 23.8. The number of amides is 1. The van der Waals surface area contributed by atoms with Gasteiger partial charge in [-0.25, -0.2) is 0 Å². The molecule has 6 N–H and O–H groups in total. The summed E-state index contributed by atoms with van der Waals surface area (Å²) in [5.74, 6) is -1.46. The molecule has 1 saturated heterocycles. The second-order valence-corrected chi connectivity index (χ2v) is 5.38. The van der Waals surface area contributed by atoms with E-state index < -0.39 is 30.1 Å². The van der Waals surface area contributed by atoms with Crippen molar-refractivity contribution in [1.29, 1.82) is 0 Å². The molecule has 21 heavy (non-hydrogen) atoms. The molecule has 1 amide bonds. The average molecular weight is 299 g/mol. The Kier molecular flexibility index (Phi) is 6.93. The van der Waals surface area contributed by atoms with Crippen LogP contribution in [-0.2, 0) is 14.3 Å². The number of carbonyl (C=O) groups excluding carboxylic acids is 1. The predicted molar refractivity (Wildman–Crippen MR) is 75.1 cm³/mol. The van der Waals surface area contributed by atoms with E-state index in [-0.39, 0.29) is 12.5 Å². The molecule has 1 aliphatic heterocycles. The molecular formula is C12H22BN3O5. The minimum atomic E-state index is -1.08. The number of nitrogens with one attached hydrogen (secondary N) is 2. The number of aliphatic carboxylic acids is 1. The monoisotopic (exact) mass is 299 g/mol. The van der Waals surface area contributed by atoms with E-state index in [1.165, 1.54) is 0 Å². The number of carbonyl (C=O) groups is 2. The predicted octanol–water partition coefficient (Wildman–Crippen LogP) is -1.75. The van der Waals surface area contributed by atoms with Crippen LogP contribution in [-0.4, -0.2) is 60.0 Å². The SMILES string of the molecule is N[C@@H](CO)C(=O)N[C@H]1CN[C@@](CCCCB=O)(C(=O)O)C1. The van der Waals surface area contributed by atoms with Crippen LogP contribution < -0.4 is 16.4 Å². The molecule has 1 fully saturated rings. The number of aliphatic hydroxyl groups excluding tert-OH is 1. The van der Waals surface area contributed by atoms with Crippen molar-refractivity contribution in [3.05, 3.63) is 0 Å². The van der Waals surface area contributed by atoms with Crippen LogP contribution in [0.1, 0.15) is 25.7 Å². The van der Waals surface area contributed by atoms with Gasteiger partial charge in [-0.2, -0.15) is 0 Å². The van der Waals surface area contributed by atoms with Gasteiger partial charge in [0.05, 0.1) is 0 Å². The Labute approximate surface area is 123 Å². The molecule has 0 aromatic heterocycles. The third kappa shape index (κ3) is 4.87. The number of carboxylic acid groups (broad SMARTS) is 1. The second kappa shape index (κ2) is 8.21. The van der Waals surface area contributed by atoms with Crippen molar-refractivity contribution < 1.29 is 24.5 Å². The van der Waals surface area contributed by atoms with Gasteiger partial charge in [0.25, 0.3) is 0 Å². The van der Waals surface area contributed by atoms with Crippen LogP contribution in [0, 0.1) is 0 Å². The van der Waals surface area contributed by atoms with Crippen LogP contribution in [0.4, 0.5) is 0 Å². The van der Waals surface area contributed by atoms with Gasteiger partial charge >= 0.3 is 123 Å². The maximum absolute atomic E-state index is 11.6. The zero-order chi connectivity index (χ0) is 15.9. The fourth-order valence-electron chi connectivity index (χ4n) is 2.49. The molecule has 9 heteroatoms. The molecule has 0 aromatic rings. The van der Waals surface area contributed by atoms with E-state index in [2.05, 4.69) is 10.6 Å². The third-order valence-electron chi connectivity index (χ3n) is 3.75. The summed E-state index contributed by atoms with van der Waals surface area (Å²) in [6.45, 7) is -0.119. The third-order valence-corrected chi connectivity index (χ3v) is 3.75. The summed E-state index contributed by atoms with van der Waals surface area (Å²) in [6.07, 6.45) is 2.34. The summed E-state index contributed by atoms with van der Waals surface area (Å²) in [5.41, 5.74) is 4.32. The summed E-state index contributed by atoms with van der Waals surface area (Å²) >= 11 is 0. The summed E-state index contributed by atoms with van der Waals surface area (Å²) in [4.78, 5) is 23.1. The molecule has 1 aliphatic rings. The molecule has 0 radical (unpaired) electrons. The van der Waals surface area contributed by atoms with Crippen LogP contribution in [0.2, 0.25) is 6.32 Å². The summed E-state index contributed by atoms with van der Waals surface area (Å²) in [7, 11) is 0.814. The first kappa shape index (κ1) is 17.7. The van der Waals surface area contributed by atoms with Gasteiger partial charge in [-0.15, -0.1) is 0 Å². The quantitative estimate of drug-likeness (QED) is 0.251. The minimum absolute atomic E-state index is 0.257. The van der Waals surface area contributed by atoms with Gasteiger partial charge in [0.15, 0.2) is 0 Å². The van der Waals surface area contributed by atoms with Crippen LogP contribution in [0.15, 0.2) is 0 Å².